The number of carbonyl (C=O) groups excluding carboxylic acids is 1. The molecule has 0 spiro atoms. The minimum Gasteiger partial charge on any atom is -0.351 e. The van der Waals surface area contributed by atoms with Gasteiger partial charge in [-0.2, -0.15) is 0 Å². The molecule has 0 aliphatic carbocycles. The predicted molar refractivity (Wildman–Crippen MR) is 95.9 cm³/mol. The standard InChI is InChI=1S/C19H26N2O/c1-8-10-11-18(9-2)21(7)13-12-16(5)14-17(6)19(22)20-15(3)4/h8-14H,2-3,5H2,1,4,6-7H3,(H,20,22)/b10-8-,13-12-,17-14+,18-11+. The second-order valence-corrected chi connectivity index (χ2v) is 4.88. The van der Waals surface area contributed by atoms with Gasteiger partial charge in [0.1, 0.15) is 0 Å². The predicted octanol–water partition coefficient (Wildman–Crippen LogP) is 4.23. The van der Waals surface area contributed by atoms with Gasteiger partial charge in [0.25, 0.3) is 5.91 Å². The van der Waals surface area contributed by atoms with Gasteiger partial charge in [0.05, 0.1) is 0 Å². The molecular weight excluding hydrogens is 272 g/mol. The Morgan fingerprint density at radius 1 is 1.23 bits per heavy atom. The summed E-state index contributed by atoms with van der Waals surface area (Å²) in [5.74, 6) is -0.171. The number of hydrogen-bond acceptors (Lipinski definition) is 2. The molecule has 0 bridgehead atoms. The summed E-state index contributed by atoms with van der Waals surface area (Å²) in [6.45, 7) is 16.8. The van der Waals surface area contributed by atoms with Crippen molar-refractivity contribution < 1.29 is 4.79 Å². The molecule has 0 aromatic heterocycles. The molecule has 0 heterocycles. The average molecular weight is 298 g/mol. The number of allylic oxidation sites excluding steroid dienone is 8. The summed E-state index contributed by atoms with van der Waals surface area (Å²) in [5, 5.41) is 2.66. The lowest BCUT2D eigenvalue weighted by Gasteiger charge is -2.14. The van der Waals surface area contributed by atoms with E-state index in [1.54, 1.807) is 26.0 Å². The Morgan fingerprint density at radius 2 is 1.86 bits per heavy atom. The fraction of sp³-hybridized carbons (Fsp3) is 0.211. The molecule has 1 amide bonds. The molecule has 0 aliphatic heterocycles. The summed E-state index contributed by atoms with van der Waals surface area (Å²) in [4.78, 5) is 13.7. The lowest BCUT2D eigenvalue weighted by atomic mass is 10.1. The SMILES string of the molecule is C=C/C(=C\C=C/C)N(C)/C=C\C(=C)/C=C(\C)C(=O)NC(=C)C. The third kappa shape index (κ3) is 7.90. The van der Waals surface area contributed by atoms with Gasteiger partial charge in [-0.25, -0.2) is 0 Å². The first kappa shape index (κ1) is 19.4. The van der Waals surface area contributed by atoms with Crippen molar-refractivity contribution in [3.05, 3.63) is 84.9 Å². The van der Waals surface area contributed by atoms with E-state index in [1.165, 1.54) is 0 Å². The second-order valence-electron chi connectivity index (χ2n) is 4.88. The van der Waals surface area contributed by atoms with Gasteiger partial charge < -0.3 is 10.2 Å². The van der Waals surface area contributed by atoms with E-state index in [2.05, 4.69) is 25.1 Å². The number of carbonyl (C=O) groups is 1. The van der Waals surface area contributed by atoms with Crippen LogP contribution < -0.4 is 5.32 Å². The molecule has 0 rings (SSSR count). The van der Waals surface area contributed by atoms with E-state index in [-0.39, 0.29) is 5.91 Å². The highest BCUT2D eigenvalue weighted by Crippen LogP contribution is 2.07. The first-order chi connectivity index (χ1) is 10.3. The maximum absolute atomic E-state index is 11.8. The molecular formula is C19H26N2O. The number of amides is 1. The number of nitrogens with one attached hydrogen (secondary N) is 1. The molecule has 3 nitrogen and oxygen atoms in total. The van der Waals surface area contributed by atoms with E-state index in [0.717, 1.165) is 11.3 Å². The van der Waals surface area contributed by atoms with E-state index in [0.29, 0.717) is 11.3 Å². The molecule has 0 fully saturated rings. The molecule has 118 valence electrons. The van der Waals surface area contributed by atoms with Crippen LogP contribution in [-0.4, -0.2) is 17.9 Å². The van der Waals surface area contributed by atoms with Crippen LogP contribution >= 0.6 is 0 Å². The summed E-state index contributed by atoms with van der Waals surface area (Å²) in [7, 11) is 1.92. The molecule has 22 heavy (non-hydrogen) atoms. The zero-order chi connectivity index (χ0) is 17.1. The highest BCUT2D eigenvalue weighted by Gasteiger charge is 2.03. The Labute approximate surface area is 134 Å². The van der Waals surface area contributed by atoms with Crippen LogP contribution in [0.5, 0.6) is 0 Å². The molecule has 1 N–H and O–H groups in total. The monoisotopic (exact) mass is 298 g/mol. The largest absolute Gasteiger partial charge is 0.351 e. The van der Waals surface area contributed by atoms with Gasteiger partial charge >= 0.3 is 0 Å². The molecule has 0 radical (unpaired) electrons. The third-order valence-corrected chi connectivity index (χ3v) is 2.68. The van der Waals surface area contributed by atoms with E-state index < -0.39 is 0 Å². The zero-order valence-electron chi connectivity index (χ0n) is 14.0. The zero-order valence-corrected chi connectivity index (χ0v) is 14.0. The molecule has 0 saturated carbocycles. The summed E-state index contributed by atoms with van der Waals surface area (Å²) in [5.41, 5.74) is 2.88. The Kier molecular flexibility index (Phi) is 9.03. The fourth-order valence-corrected chi connectivity index (χ4v) is 1.50. The van der Waals surface area contributed by atoms with E-state index in [9.17, 15) is 4.79 Å². The van der Waals surface area contributed by atoms with Crippen LogP contribution in [0, 0.1) is 0 Å². The molecule has 0 aromatic rings. The average Bonchev–Trinajstić information content (AvgIpc) is 2.45. The van der Waals surface area contributed by atoms with Crippen LogP contribution in [-0.2, 0) is 4.79 Å². The highest BCUT2D eigenvalue weighted by atomic mass is 16.1. The van der Waals surface area contributed by atoms with E-state index in [4.69, 9.17) is 0 Å². The minimum absolute atomic E-state index is 0.171. The van der Waals surface area contributed by atoms with Gasteiger partial charge in [-0.1, -0.05) is 31.9 Å². The van der Waals surface area contributed by atoms with Crippen LogP contribution in [0.15, 0.2) is 84.9 Å². The van der Waals surface area contributed by atoms with Crippen molar-refractivity contribution in [1.82, 2.24) is 10.2 Å². The lowest BCUT2D eigenvalue weighted by Crippen LogP contribution is -2.21. The van der Waals surface area contributed by atoms with Crippen LogP contribution in [0.4, 0.5) is 0 Å². The van der Waals surface area contributed by atoms with Gasteiger partial charge in [0.2, 0.25) is 0 Å². The van der Waals surface area contributed by atoms with Gasteiger partial charge in [0, 0.05) is 30.2 Å². The quantitative estimate of drug-likeness (QED) is 0.537. The molecule has 0 saturated heterocycles. The van der Waals surface area contributed by atoms with Crippen LogP contribution in [0.25, 0.3) is 0 Å². The summed E-state index contributed by atoms with van der Waals surface area (Å²) >= 11 is 0. The van der Waals surface area contributed by atoms with Crippen molar-refractivity contribution in [2.45, 2.75) is 20.8 Å². The summed E-state index contributed by atoms with van der Waals surface area (Å²) in [6, 6.07) is 0. The highest BCUT2D eigenvalue weighted by molar-refractivity contribution is 5.94. The van der Waals surface area contributed by atoms with E-state index >= 15 is 0 Å². The Hall–Kier alpha value is -2.55. The Morgan fingerprint density at radius 3 is 2.36 bits per heavy atom. The summed E-state index contributed by atoms with van der Waals surface area (Å²) in [6.07, 6.45) is 13.1. The molecule has 0 aromatic carbocycles. The van der Waals surface area contributed by atoms with E-state index in [1.807, 2.05) is 49.4 Å². The van der Waals surface area contributed by atoms with Gasteiger partial charge in [-0.15, -0.1) is 0 Å². The summed E-state index contributed by atoms with van der Waals surface area (Å²) < 4.78 is 0. The van der Waals surface area contributed by atoms with Crippen molar-refractivity contribution >= 4 is 5.91 Å². The van der Waals surface area contributed by atoms with Crippen molar-refractivity contribution in [3.63, 3.8) is 0 Å². The fourth-order valence-electron chi connectivity index (χ4n) is 1.50. The maximum Gasteiger partial charge on any atom is 0.251 e. The first-order valence-electron chi connectivity index (χ1n) is 7.02. The van der Waals surface area contributed by atoms with Crippen molar-refractivity contribution in [3.8, 4) is 0 Å². The number of likely N-dealkylation sites (N-methyl/N-ethyl adjacent to an activating group) is 1. The molecule has 0 unspecified atom stereocenters. The van der Waals surface area contributed by atoms with Gasteiger partial charge in [0.15, 0.2) is 0 Å². The Balaban J connectivity index is 4.87. The molecule has 3 heteroatoms. The number of rotatable bonds is 8. The van der Waals surface area contributed by atoms with Gasteiger partial charge in [-0.05, 0) is 50.6 Å². The maximum atomic E-state index is 11.8. The van der Waals surface area contributed by atoms with Crippen LogP contribution in [0.3, 0.4) is 0 Å². The number of hydrogen-bond donors (Lipinski definition) is 1. The Bertz CT molecular complexity index is 560. The third-order valence-electron chi connectivity index (χ3n) is 2.68. The smallest absolute Gasteiger partial charge is 0.251 e. The molecule has 0 atom stereocenters. The normalized spacial score (nSPS) is 12.5. The van der Waals surface area contributed by atoms with Crippen molar-refractivity contribution in [1.29, 1.82) is 0 Å². The van der Waals surface area contributed by atoms with Crippen molar-refractivity contribution in [2.75, 3.05) is 7.05 Å². The van der Waals surface area contributed by atoms with Crippen LogP contribution in [0.1, 0.15) is 20.8 Å². The minimum atomic E-state index is -0.171. The van der Waals surface area contributed by atoms with Crippen LogP contribution in [0.2, 0.25) is 0 Å². The number of nitrogens with zero attached hydrogens (tertiary/aromatic N) is 1. The van der Waals surface area contributed by atoms with Gasteiger partial charge in [-0.3, -0.25) is 4.79 Å². The van der Waals surface area contributed by atoms with Crippen molar-refractivity contribution in [2.24, 2.45) is 0 Å². The lowest BCUT2D eigenvalue weighted by molar-refractivity contribution is -0.116. The molecule has 0 aliphatic rings. The topological polar surface area (TPSA) is 32.3 Å². The first-order valence-corrected chi connectivity index (χ1v) is 7.02. The second kappa shape index (κ2) is 10.2.